The van der Waals surface area contributed by atoms with Gasteiger partial charge in [-0.15, -0.1) is 0 Å². The van der Waals surface area contributed by atoms with Crippen LogP contribution < -0.4 is 15.2 Å². The number of aromatic nitrogens is 2. The van der Waals surface area contributed by atoms with E-state index in [-0.39, 0.29) is 17.2 Å². The molecule has 8 heteroatoms. The minimum absolute atomic E-state index is 0.0355. The van der Waals surface area contributed by atoms with Gasteiger partial charge in [0.1, 0.15) is 5.75 Å². The molecule has 0 radical (unpaired) electrons. The van der Waals surface area contributed by atoms with Crippen molar-refractivity contribution < 1.29 is 9.53 Å². The maximum Gasteiger partial charge on any atom is 0.256 e. The molecule has 0 saturated heterocycles. The first-order valence-electron chi connectivity index (χ1n) is 11.1. The fourth-order valence-electron chi connectivity index (χ4n) is 4.54. The molecule has 2 aliphatic rings. The number of hydrogen-bond acceptors (Lipinski definition) is 6. The standard InChI is InChI=1S/C25H26N4O3S/c1-32-22-9-5-3-7-18(22)14-28-12-11-20-19(15-28)24(31)27-25(26-20)33-16-23(30)29-13-10-17-6-2-4-8-21(17)29/h2-9H,10-16H2,1H3,(H,26,27,31). The van der Waals surface area contributed by atoms with E-state index in [9.17, 15) is 9.59 Å². The Hall–Kier alpha value is -3.10. The first-order valence-corrected chi connectivity index (χ1v) is 12.1. The number of anilines is 1. The van der Waals surface area contributed by atoms with Gasteiger partial charge in [-0.05, 0) is 24.1 Å². The Morgan fingerprint density at radius 3 is 2.82 bits per heavy atom. The molecule has 170 valence electrons. The third-order valence-corrected chi connectivity index (χ3v) is 7.09. The summed E-state index contributed by atoms with van der Waals surface area (Å²) in [6.07, 6.45) is 1.58. The van der Waals surface area contributed by atoms with Gasteiger partial charge in [0.25, 0.3) is 5.56 Å². The summed E-state index contributed by atoms with van der Waals surface area (Å²) in [5.74, 6) is 1.14. The van der Waals surface area contributed by atoms with Crippen LogP contribution in [-0.2, 0) is 30.7 Å². The number of ether oxygens (including phenoxy) is 1. The van der Waals surface area contributed by atoms with E-state index in [1.54, 1.807) is 7.11 Å². The van der Waals surface area contributed by atoms with Crippen LogP contribution >= 0.6 is 11.8 Å². The molecule has 0 spiro atoms. The van der Waals surface area contributed by atoms with Gasteiger partial charge in [0.2, 0.25) is 5.91 Å². The van der Waals surface area contributed by atoms with Crippen molar-refractivity contribution in [2.75, 3.05) is 30.9 Å². The van der Waals surface area contributed by atoms with Gasteiger partial charge >= 0.3 is 0 Å². The number of nitrogens with one attached hydrogen (secondary N) is 1. The van der Waals surface area contributed by atoms with Crippen LogP contribution in [0.4, 0.5) is 5.69 Å². The van der Waals surface area contributed by atoms with E-state index in [1.165, 1.54) is 17.3 Å². The zero-order chi connectivity index (χ0) is 22.8. The fourth-order valence-corrected chi connectivity index (χ4v) is 5.30. The van der Waals surface area contributed by atoms with E-state index in [1.807, 2.05) is 47.4 Å². The largest absolute Gasteiger partial charge is 0.496 e. The van der Waals surface area contributed by atoms with Crippen molar-refractivity contribution >= 4 is 23.4 Å². The van der Waals surface area contributed by atoms with E-state index in [0.717, 1.165) is 35.7 Å². The summed E-state index contributed by atoms with van der Waals surface area (Å²) in [5.41, 5.74) is 4.71. The Bertz CT molecular complexity index is 1240. The number of H-pyrrole nitrogens is 1. The summed E-state index contributed by atoms with van der Waals surface area (Å²) in [6, 6.07) is 16.0. The number of para-hydroxylation sites is 2. The second kappa shape index (κ2) is 9.41. The molecule has 0 atom stereocenters. The first kappa shape index (κ1) is 21.7. The molecule has 33 heavy (non-hydrogen) atoms. The quantitative estimate of drug-likeness (QED) is 0.448. The Morgan fingerprint density at radius 1 is 1.12 bits per heavy atom. The molecule has 2 aliphatic heterocycles. The highest BCUT2D eigenvalue weighted by Crippen LogP contribution is 2.29. The number of rotatable bonds is 6. The number of fused-ring (bicyclic) bond motifs is 2. The second-order valence-electron chi connectivity index (χ2n) is 8.28. The van der Waals surface area contributed by atoms with Crippen molar-refractivity contribution in [2.45, 2.75) is 31.1 Å². The number of benzene rings is 2. The lowest BCUT2D eigenvalue weighted by atomic mass is 10.1. The third-order valence-electron chi connectivity index (χ3n) is 6.23. The van der Waals surface area contributed by atoms with Crippen LogP contribution in [0.1, 0.15) is 22.4 Å². The van der Waals surface area contributed by atoms with Gasteiger partial charge in [-0.2, -0.15) is 0 Å². The van der Waals surface area contributed by atoms with Gasteiger partial charge in [-0.3, -0.25) is 14.5 Å². The van der Waals surface area contributed by atoms with Crippen molar-refractivity contribution in [1.82, 2.24) is 14.9 Å². The van der Waals surface area contributed by atoms with Crippen molar-refractivity contribution in [2.24, 2.45) is 0 Å². The summed E-state index contributed by atoms with van der Waals surface area (Å²) in [4.78, 5) is 37.2. The Balaban J connectivity index is 1.24. The normalized spacial score (nSPS) is 15.2. The zero-order valence-electron chi connectivity index (χ0n) is 18.5. The van der Waals surface area contributed by atoms with Gasteiger partial charge < -0.3 is 14.6 Å². The van der Waals surface area contributed by atoms with Crippen LogP contribution in [0.5, 0.6) is 5.75 Å². The molecule has 3 aromatic rings. The fraction of sp³-hybridized carbons (Fsp3) is 0.320. The van der Waals surface area contributed by atoms with Crippen LogP contribution in [0.3, 0.4) is 0 Å². The summed E-state index contributed by atoms with van der Waals surface area (Å²) < 4.78 is 5.46. The van der Waals surface area contributed by atoms with Gasteiger partial charge in [-0.1, -0.05) is 48.2 Å². The Morgan fingerprint density at radius 2 is 1.94 bits per heavy atom. The van der Waals surface area contributed by atoms with E-state index >= 15 is 0 Å². The maximum absolute atomic E-state index is 12.8. The molecule has 1 aromatic heterocycles. The number of aromatic amines is 1. The van der Waals surface area contributed by atoms with Crippen molar-refractivity contribution in [3.8, 4) is 5.75 Å². The van der Waals surface area contributed by atoms with Crippen LogP contribution in [0, 0.1) is 0 Å². The van der Waals surface area contributed by atoms with Crippen LogP contribution in [0.25, 0.3) is 0 Å². The smallest absolute Gasteiger partial charge is 0.256 e. The summed E-state index contributed by atoms with van der Waals surface area (Å²) in [6.45, 7) is 2.78. The number of carbonyl (C=O) groups excluding carboxylic acids is 1. The van der Waals surface area contributed by atoms with Crippen molar-refractivity contribution in [3.05, 3.63) is 81.3 Å². The molecule has 0 bridgehead atoms. The highest BCUT2D eigenvalue weighted by Gasteiger charge is 2.25. The van der Waals surface area contributed by atoms with E-state index in [2.05, 4.69) is 20.9 Å². The molecule has 2 aromatic carbocycles. The Kier molecular flexibility index (Phi) is 6.20. The van der Waals surface area contributed by atoms with Crippen molar-refractivity contribution in [1.29, 1.82) is 0 Å². The highest BCUT2D eigenvalue weighted by atomic mass is 32.2. The minimum Gasteiger partial charge on any atom is -0.496 e. The molecule has 5 rings (SSSR count). The molecule has 1 N–H and O–H groups in total. The van der Waals surface area contributed by atoms with Crippen LogP contribution in [0.15, 0.2) is 58.5 Å². The summed E-state index contributed by atoms with van der Waals surface area (Å²) in [7, 11) is 1.67. The highest BCUT2D eigenvalue weighted by molar-refractivity contribution is 7.99. The monoisotopic (exact) mass is 462 g/mol. The van der Waals surface area contributed by atoms with Crippen LogP contribution in [0.2, 0.25) is 0 Å². The number of carbonyl (C=O) groups is 1. The number of nitrogens with zero attached hydrogens (tertiary/aromatic N) is 3. The van der Waals surface area contributed by atoms with Gasteiger partial charge in [0.05, 0.1) is 24.1 Å². The summed E-state index contributed by atoms with van der Waals surface area (Å²) in [5, 5.41) is 0.512. The molecular weight excluding hydrogens is 436 g/mol. The minimum atomic E-state index is -0.119. The predicted octanol–water partition coefficient (Wildman–Crippen LogP) is 3.02. The molecule has 7 nitrogen and oxygen atoms in total. The van der Waals surface area contributed by atoms with E-state index in [4.69, 9.17) is 4.74 Å². The van der Waals surface area contributed by atoms with Gasteiger partial charge in [0.15, 0.2) is 5.16 Å². The Labute approximate surface area is 196 Å². The van der Waals surface area contributed by atoms with E-state index in [0.29, 0.717) is 36.8 Å². The average molecular weight is 463 g/mol. The number of amides is 1. The van der Waals surface area contributed by atoms with Gasteiger partial charge in [-0.25, -0.2) is 4.98 Å². The topological polar surface area (TPSA) is 78.5 Å². The average Bonchev–Trinajstić information content (AvgIpc) is 3.28. The van der Waals surface area contributed by atoms with Crippen LogP contribution in [-0.4, -0.2) is 46.7 Å². The molecule has 0 aliphatic carbocycles. The van der Waals surface area contributed by atoms with Crippen molar-refractivity contribution in [3.63, 3.8) is 0 Å². The zero-order valence-corrected chi connectivity index (χ0v) is 19.4. The third kappa shape index (κ3) is 4.54. The van der Waals surface area contributed by atoms with Gasteiger partial charge in [0, 0.05) is 43.9 Å². The first-order chi connectivity index (χ1) is 16.1. The molecule has 0 saturated carbocycles. The SMILES string of the molecule is COc1ccccc1CN1CCc2nc(SCC(=O)N3CCc4ccccc43)[nH]c(=O)c2C1. The molecule has 3 heterocycles. The second-order valence-corrected chi connectivity index (χ2v) is 9.25. The predicted molar refractivity (Wildman–Crippen MR) is 129 cm³/mol. The molecule has 0 unspecified atom stereocenters. The van der Waals surface area contributed by atoms with E-state index < -0.39 is 0 Å². The lowest BCUT2D eigenvalue weighted by molar-refractivity contribution is -0.116. The summed E-state index contributed by atoms with van der Waals surface area (Å²) >= 11 is 1.30. The number of thioether (sulfide) groups is 1. The molecule has 1 amide bonds. The lowest BCUT2D eigenvalue weighted by Crippen LogP contribution is -2.35. The number of hydrogen-bond donors (Lipinski definition) is 1. The number of methoxy groups -OCH3 is 1. The molecule has 0 fully saturated rings. The molecular formula is C25H26N4O3S. The maximum atomic E-state index is 12.8. The lowest BCUT2D eigenvalue weighted by Gasteiger charge is -2.28.